The van der Waals surface area contributed by atoms with Crippen molar-refractivity contribution in [3.63, 3.8) is 0 Å². The molecule has 0 saturated carbocycles. The standard InChI is InChI=1S/C18H25N5O3/c1-17(2,3)23-15(19-20-21-23)14-11-18(6-9-25-10-7-18)16(24)22(14)12-13-5-4-8-26-13/h4-5,8,14H,6-7,9-12H2,1-3H3/t14-/m0/s1. The van der Waals surface area contributed by atoms with Gasteiger partial charge in [0.25, 0.3) is 0 Å². The number of hydrogen-bond donors (Lipinski definition) is 0. The van der Waals surface area contributed by atoms with Crippen molar-refractivity contribution in [2.75, 3.05) is 13.2 Å². The minimum atomic E-state index is -0.385. The lowest BCUT2D eigenvalue weighted by molar-refractivity contribution is -0.142. The Hall–Kier alpha value is -2.22. The van der Waals surface area contributed by atoms with Crippen molar-refractivity contribution in [1.82, 2.24) is 25.1 Å². The van der Waals surface area contributed by atoms with Crippen LogP contribution in [0.25, 0.3) is 0 Å². The molecule has 4 heterocycles. The number of nitrogens with zero attached hydrogens (tertiary/aromatic N) is 5. The fourth-order valence-electron chi connectivity index (χ4n) is 4.06. The Balaban J connectivity index is 1.73. The molecule has 0 unspecified atom stereocenters. The highest BCUT2D eigenvalue weighted by molar-refractivity contribution is 5.85. The summed E-state index contributed by atoms with van der Waals surface area (Å²) in [5, 5.41) is 12.4. The Kier molecular flexibility index (Phi) is 4.10. The molecular formula is C18H25N5O3. The van der Waals surface area contributed by atoms with E-state index in [2.05, 4.69) is 36.3 Å². The minimum Gasteiger partial charge on any atom is -0.467 e. The Morgan fingerprint density at radius 3 is 2.73 bits per heavy atom. The third-order valence-electron chi connectivity index (χ3n) is 5.46. The molecule has 0 bridgehead atoms. The molecule has 2 aromatic rings. The highest BCUT2D eigenvalue weighted by Gasteiger charge is 2.54. The van der Waals surface area contributed by atoms with Gasteiger partial charge in [0.1, 0.15) is 5.76 Å². The second-order valence-electron chi connectivity index (χ2n) is 8.24. The summed E-state index contributed by atoms with van der Waals surface area (Å²) in [6, 6.07) is 3.57. The topological polar surface area (TPSA) is 86.3 Å². The van der Waals surface area contributed by atoms with Crippen LogP contribution < -0.4 is 0 Å². The van der Waals surface area contributed by atoms with Crippen molar-refractivity contribution in [3.8, 4) is 0 Å². The zero-order valence-electron chi connectivity index (χ0n) is 15.5. The maximum Gasteiger partial charge on any atom is 0.230 e. The van der Waals surface area contributed by atoms with E-state index in [-0.39, 0.29) is 22.9 Å². The normalized spacial score (nSPS) is 23.1. The summed E-state index contributed by atoms with van der Waals surface area (Å²) >= 11 is 0. The number of ether oxygens (including phenoxy) is 1. The summed E-state index contributed by atoms with van der Waals surface area (Å²) in [6.07, 6.45) is 3.84. The van der Waals surface area contributed by atoms with Crippen LogP contribution in [0.3, 0.4) is 0 Å². The van der Waals surface area contributed by atoms with Crippen molar-refractivity contribution in [2.45, 2.75) is 58.2 Å². The fourth-order valence-corrected chi connectivity index (χ4v) is 4.06. The van der Waals surface area contributed by atoms with E-state index in [1.54, 1.807) is 6.26 Å². The van der Waals surface area contributed by atoms with Crippen LogP contribution >= 0.6 is 0 Å². The molecule has 0 N–H and O–H groups in total. The third kappa shape index (κ3) is 2.82. The number of carbonyl (C=O) groups excluding carboxylic acids is 1. The van der Waals surface area contributed by atoms with E-state index in [1.165, 1.54) is 0 Å². The molecule has 4 rings (SSSR count). The fraction of sp³-hybridized carbons (Fsp3) is 0.667. The Labute approximate surface area is 152 Å². The number of tetrazole rings is 1. The molecule has 26 heavy (non-hydrogen) atoms. The lowest BCUT2D eigenvalue weighted by Crippen LogP contribution is -2.39. The summed E-state index contributed by atoms with van der Waals surface area (Å²) in [5.41, 5.74) is -0.645. The molecule has 2 saturated heterocycles. The average Bonchev–Trinajstić information content (AvgIpc) is 3.32. The Morgan fingerprint density at radius 1 is 1.31 bits per heavy atom. The van der Waals surface area contributed by atoms with Gasteiger partial charge in [0, 0.05) is 13.2 Å². The van der Waals surface area contributed by atoms with Crippen LogP contribution in [0.2, 0.25) is 0 Å². The van der Waals surface area contributed by atoms with Crippen LogP contribution in [-0.4, -0.2) is 44.2 Å². The van der Waals surface area contributed by atoms with Crippen molar-refractivity contribution < 1.29 is 13.9 Å². The van der Waals surface area contributed by atoms with Gasteiger partial charge >= 0.3 is 0 Å². The lowest BCUT2D eigenvalue weighted by Gasteiger charge is -2.31. The maximum atomic E-state index is 13.4. The second-order valence-corrected chi connectivity index (χ2v) is 8.24. The third-order valence-corrected chi connectivity index (χ3v) is 5.46. The Morgan fingerprint density at radius 2 is 2.08 bits per heavy atom. The first-order chi connectivity index (χ1) is 12.4. The van der Waals surface area contributed by atoms with Crippen LogP contribution in [0.15, 0.2) is 22.8 Å². The summed E-state index contributed by atoms with van der Waals surface area (Å²) in [5.74, 6) is 1.66. The van der Waals surface area contributed by atoms with E-state index in [4.69, 9.17) is 9.15 Å². The molecule has 0 radical (unpaired) electrons. The number of furan rings is 1. The number of hydrogen-bond acceptors (Lipinski definition) is 6. The Bertz CT molecular complexity index is 771. The zero-order valence-corrected chi connectivity index (χ0v) is 15.5. The zero-order chi connectivity index (χ0) is 18.4. The summed E-state index contributed by atoms with van der Waals surface area (Å²) in [4.78, 5) is 15.3. The van der Waals surface area contributed by atoms with E-state index in [1.807, 2.05) is 21.7 Å². The SMILES string of the molecule is CC(C)(C)n1nnnc1[C@@H]1CC2(CCOCC2)C(=O)N1Cc1ccco1. The highest BCUT2D eigenvalue weighted by Crippen LogP contribution is 2.50. The molecule has 1 atom stereocenters. The van der Waals surface area contributed by atoms with Gasteiger partial charge in [-0.25, -0.2) is 4.68 Å². The maximum absolute atomic E-state index is 13.4. The van der Waals surface area contributed by atoms with E-state index in [9.17, 15) is 4.79 Å². The summed E-state index contributed by atoms with van der Waals surface area (Å²) in [7, 11) is 0. The van der Waals surface area contributed by atoms with E-state index in [0.717, 1.165) is 24.4 Å². The lowest BCUT2D eigenvalue weighted by atomic mass is 9.77. The molecule has 1 spiro atoms. The van der Waals surface area contributed by atoms with E-state index < -0.39 is 0 Å². The molecule has 140 valence electrons. The molecule has 8 nitrogen and oxygen atoms in total. The highest BCUT2D eigenvalue weighted by atomic mass is 16.5. The van der Waals surface area contributed by atoms with Crippen LogP contribution in [0.5, 0.6) is 0 Å². The van der Waals surface area contributed by atoms with E-state index in [0.29, 0.717) is 26.2 Å². The second kappa shape index (κ2) is 6.19. The molecular weight excluding hydrogens is 334 g/mol. The van der Waals surface area contributed by atoms with Gasteiger partial charge in [-0.1, -0.05) is 0 Å². The molecule has 0 aliphatic carbocycles. The van der Waals surface area contributed by atoms with Crippen LogP contribution in [0, 0.1) is 5.41 Å². The summed E-state index contributed by atoms with van der Waals surface area (Å²) < 4.78 is 12.9. The number of carbonyl (C=O) groups is 1. The van der Waals surface area contributed by atoms with Crippen molar-refractivity contribution in [2.24, 2.45) is 5.41 Å². The van der Waals surface area contributed by atoms with Gasteiger partial charge < -0.3 is 14.1 Å². The summed E-state index contributed by atoms with van der Waals surface area (Å²) in [6.45, 7) is 7.85. The first kappa shape index (κ1) is 17.2. The molecule has 2 fully saturated rings. The predicted octanol–water partition coefficient (Wildman–Crippen LogP) is 2.29. The number of aromatic nitrogens is 4. The number of amides is 1. The smallest absolute Gasteiger partial charge is 0.230 e. The van der Waals surface area contributed by atoms with Crippen molar-refractivity contribution >= 4 is 5.91 Å². The average molecular weight is 359 g/mol. The largest absolute Gasteiger partial charge is 0.467 e. The van der Waals surface area contributed by atoms with Crippen LogP contribution in [-0.2, 0) is 21.6 Å². The van der Waals surface area contributed by atoms with Gasteiger partial charge in [-0.3, -0.25) is 4.79 Å². The van der Waals surface area contributed by atoms with Gasteiger partial charge in [-0.15, -0.1) is 5.10 Å². The molecule has 1 amide bonds. The predicted molar refractivity (Wildman–Crippen MR) is 91.9 cm³/mol. The van der Waals surface area contributed by atoms with Crippen molar-refractivity contribution in [1.29, 1.82) is 0 Å². The molecule has 2 aromatic heterocycles. The van der Waals surface area contributed by atoms with Crippen LogP contribution in [0.4, 0.5) is 0 Å². The van der Waals surface area contributed by atoms with Gasteiger partial charge in [-0.2, -0.15) is 0 Å². The molecule has 2 aliphatic rings. The number of rotatable bonds is 3. The van der Waals surface area contributed by atoms with Gasteiger partial charge in [0.2, 0.25) is 5.91 Å². The van der Waals surface area contributed by atoms with Crippen molar-refractivity contribution in [3.05, 3.63) is 30.0 Å². The first-order valence-corrected chi connectivity index (χ1v) is 9.11. The minimum absolute atomic E-state index is 0.158. The molecule has 0 aromatic carbocycles. The van der Waals surface area contributed by atoms with Crippen LogP contribution in [0.1, 0.15) is 57.7 Å². The number of likely N-dealkylation sites (tertiary alicyclic amines) is 1. The van der Waals surface area contributed by atoms with Gasteiger partial charge in [0.05, 0.1) is 29.8 Å². The van der Waals surface area contributed by atoms with Gasteiger partial charge in [0.15, 0.2) is 5.82 Å². The van der Waals surface area contributed by atoms with E-state index >= 15 is 0 Å². The first-order valence-electron chi connectivity index (χ1n) is 9.11. The monoisotopic (exact) mass is 359 g/mol. The quantitative estimate of drug-likeness (QED) is 0.836. The van der Waals surface area contributed by atoms with Gasteiger partial charge in [-0.05, 0) is 62.6 Å². The molecule has 2 aliphatic heterocycles. The molecule has 8 heteroatoms.